The first-order chi connectivity index (χ1) is 13.8. The van der Waals surface area contributed by atoms with Crippen molar-refractivity contribution in [2.45, 2.75) is 50.7 Å². The third-order valence-electron chi connectivity index (χ3n) is 4.31. The van der Waals surface area contributed by atoms with Crippen molar-refractivity contribution in [1.29, 1.82) is 0 Å². The standard InChI is InChI=1S/C22H26Cl2N2O2S/c1-4-20(22(28)25-15(2)3)26(13-17-18(23)11-8-12-19(17)24)21(27)14-29-16-9-6-5-7-10-16/h5-12,15,20H,4,13-14H2,1-3H3,(H,25,28). The SMILES string of the molecule is CCC(C(=O)NC(C)C)N(Cc1c(Cl)cccc1Cl)C(=O)CSc1ccccc1. The molecule has 2 aromatic rings. The van der Waals surface area contributed by atoms with E-state index in [0.717, 1.165) is 4.90 Å². The van der Waals surface area contributed by atoms with Crippen LogP contribution in [0.3, 0.4) is 0 Å². The fourth-order valence-electron chi connectivity index (χ4n) is 2.90. The summed E-state index contributed by atoms with van der Waals surface area (Å²) in [7, 11) is 0. The van der Waals surface area contributed by atoms with Crippen molar-refractivity contribution in [3.05, 3.63) is 64.1 Å². The van der Waals surface area contributed by atoms with Crippen LogP contribution in [-0.2, 0) is 16.1 Å². The highest BCUT2D eigenvalue weighted by atomic mass is 35.5. The zero-order valence-corrected chi connectivity index (χ0v) is 19.2. The van der Waals surface area contributed by atoms with Crippen LogP contribution in [0.25, 0.3) is 0 Å². The van der Waals surface area contributed by atoms with Gasteiger partial charge in [-0.1, -0.05) is 54.4 Å². The highest BCUT2D eigenvalue weighted by molar-refractivity contribution is 8.00. The highest BCUT2D eigenvalue weighted by Crippen LogP contribution is 2.28. The summed E-state index contributed by atoms with van der Waals surface area (Å²) in [4.78, 5) is 28.5. The van der Waals surface area contributed by atoms with Crippen molar-refractivity contribution in [3.63, 3.8) is 0 Å². The molecule has 0 aromatic heterocycles. The number of carbonyl (C=O) groups excluding carboxylic acids is 2. The van der Waals surface area contributed by atoms with E-state index in [9.17, 15) is 9.59 Å². The lowest BCUT2D eigenvalue weighted by atomic mass is 10.1. The molecule has 0 aliphatic rings. The molecule has 0 radical (unpaired) electrons. The Morgan fingerprint density at radius 2 is 1.66 bits per heavy atom. The number of rotatable bonds is 9. The molecule has 0 aliphatic heterocycles. The molecule has 0 aliphatic carbocycles. The van der Waals surface area contributed by atoms with Crippen LogP contribution in [0, 0.1) is 0 Å². The van der Waals surface area contributed by atoms with Crippen LogP contribution in [0.4, 0.5) is 0 Å². The Morgan fingerprint density at radius 1 is 1.03 bits per heavy atom. The first-order valence-electron chi connectivity index (χ1n) is 9.54. The van der Waals surface area contributed by atoms with Crippen molar-refractivity contribution < 1.29 is 9.59 Å². The fourth-order valence-corrected chi connectivity index (χ4v) is 4.22. The van der Waals surface area contributed by atoms with Gasteiger partial charge in [-0.25, -0.2) is 0 Å². The summed E-state index contributed by atoms with van der Waals surface area (Å²) in [6.07, 6.45) is 0.488. The van der Waals surface area contributed by atoms with Gasteiger partial charge in [-0.05, 0) is 44.5 Å². The lowest BCUT2D eigenvalue weighted by molar-refractivity contribution is -0.139. The zero-order chi connectivity index (χ0) is 21.4. The molecule has 0 bridgehead atoms. The van der Waals surface area contributed by atoms with E-state index in [1.807, 2.05) is 51.1 Å². The predicted octanol–water partition coefficient (Wildman–Crippen LogP) is 5.42. The zero-order valence-electron chi connectivity index (χ0n) is 16.8. The van der Waals surface area contributed by atoms with Gasteiger partial charge in [0.2, 0.25) is 11.8 Å². The Bertz CT molecular complexity index is 811. The third kappa shape index (κ3) is 6.95. The molecule has 4 nitrogen and oxygen atoms in total. The van der Waals surface area contributed by atoms with Crippen LogP contribution in [0.5, 0.6) is 0 Å². The minimum atomic E-state index is -0.603. The number of nitrogens with one attached hydrogen (secondary N) is 1. The first kappa shape index (κ1) is 23.6. The Labute approximate surface area is 187 Å². The molecule has 1 atom stereocenters. The normalized spacial score (nSPS) is 11.9. The van der Waals surface area contributed by atoms with Gasteiger partial charge < -0.3 is 10.2 Å². The van der Waals surface area contributed by atoms with Crippen molar-refractivity contribution in [2.24, 2.45) is 0 Å². The third-order valence-corrected chi connectivity index (χ3v) is 6.02. The number of halogens is 2. The van der Waals surface area contributed by atoms with Crippen molar-refractivity contribution in [1.82, 2.24) is 10.2 Å². The Balaban J connectivity index is 2.27. The van der Waals surface area contributed by atoms with Gasteiger partial charge in [-0.3, -0.25) is 9.59 Å². The van der Waals surface area contributed by atoms with E-state index in [2.05, 4.69) is 5.32 Å². The fraction of sp³-hybridized carbons (Fsp3) is 0.364. The first-order valence-corrected chi connectivity index (χ1v) is 11.3. The maximum Gasteiger partial charge on any atom is 0.243 e. The van der Waals surface area contributed by atoms with Crippen LogP contribution in [0.1, 0.15) is 32.8 Å². The number of amides is 2. The topological polar surface area (TPSA) is 49.4 Å². The van der Waals surface area contributed by atoms with Gasteiger partial charge in [-0.15, -0.1) is 11.8 Å². The molecule has 7 heteroatoms. The summed E-state index contributed by atoms with van der Waals surface area (Å²) >= 11 is 14.1. The maximum absolute atomic E-state index is 13.2. The van der Waals surface area contributed by atoms with Gasteiger partial charge in [0.1, 0.15) is 6.04 Å². The second kappa shape index (κ2) is 11.5. The van der Waals surface area contributed by atoms with Gasteiger partial charge in [0, 0.05) is 33.1 Å². The predicted molar refractivity (Wildman–Crippen MR) is 122 cm³/mol. The Hall–Kier alpha value is -1.69. The van der Waals surface area contributed by atoms with Gasteiger partial charge in [0.05, 0.1) is 5.75 Å². The molecule has 0 spiro atoms. The lowest BCUT2D eigenvalue weighted by Crippen LogP contribution is -2.51. The van der Waals surface area contributed by atoms with Crippen molar-refractivity contribution in [3.8, 4) is 0 Å². The number of carbonyl (C=O) groups is 2. The summed E-state index contributed by atoms with van der Waals surface area (Å²) < 4.78 is 0. The number of hydrogen-bond acceptors (Lipinski definition) is 3. The van der Waals surface area contributed by atoms with E-state index in [1.165, 1.54) is 11.8 Å². The van der Waals surface area contributed by atoms with Crippen LogP contribution in [-0.4, -0.2) is 34.6 Å². The summed E-state index contributed by atoms with van der Waals surface area (Å²) in [5, 5.41) is 3.87. The van der Waals surface area contributed by atoms with Crippen molar-refractivity contribution in [2.75, 3.05) is 5.75 Å². The highest BCUT2D eigenvalue weighted by Gasteiger charge is 2.30. The average molecular weight is 453 g/mol. The molecule has 2 aromatic carbocycles. The van der Waals surface area contributed by atoms with E-state index in [0.29, 0.717) is 22.0 Å². The van der Waals surface area contributed by atoms with E-state index >= 15 is 0 Å². The molecule has 29 heavy (non-hydrogen) atoms. The summed E-state index contributed by atoms with van der Waals surface area (Å²) in [6, 6.07) is 14.3. The molecular formula is C22H26Cl2N2O2S. The monoisotopic (exact) mass is 452 g/mol. The van der Waals surface area contributed by atoms with Gasteiger partial charge in [0.15, 0.2) is 0 Å². The van der Waals surface area contributed by atoms with Crippen LogP contribution >= 0.6 is 35.0 Å². The molecule has 2 rings (SSSR count). The molecule has 0 saturated carbocycles. The summed E-state index contributed by atoms with van der Waals surface area (Å²) in [5.41, 5.74) is 0.643. The number of hydrogen-bond donors (Lipinski definition) is 1. The lowest BCUT2D eigenvalue weighted by Gasteiger charge is -2.31. The largest absolute Gasteiger partial charge is 0.352 e. The van der Waals surface area contributed by atoms with Crippen LogP contribution in [0.15, 0.2) is 53.4 Å². The minimum Gasteiger partial charge on any atom is -0.352 e. The second-order valence-corrected chi connectivity index (χ2v) is 8.77. The maximum atomic E-state index is 13.2. The van der Waals surface area contributed by atoms with Gasteiger partial charge in [-0.2, -0.15) is 0 Å². The van der Waals surface area contributed by atoms with E-state index in [-0.39, 0.29) is 30.2 Å². The molecule has 2 amide bonds. The Kier molecular flexibility index (Phi) is 9.34. The summed E-state index contributed by atoms with van der Waals surface area (Å²) in [5.74, 6) is -0.0956. The van der Waals surface area contributed by atoms with Crippen molar-refractivity contribution >= 4 is 46.8 Å². The second-order valence-electron chi connectivity index (χ2n) is 6.91. The van der Waals surface area contributed by atoms with Gasteiger partial charge >= 0.3 is 0 Å². The molecule has 0 fully saturated rings. The quantitative estimate of drug-likeness (QED) is 0.516. The van der Waals surface area contributed by atoms with E-state index in [4.69, 9.17) is 23.2 Å². The average Bonchev–Trinajstić information content (AvgIpc) is 2.68. The van der Waals surface area contributed by atoms with Crippen LogP contribution in [0.2, 0.25) is 10.0 Å². The molecule has 1 N–H and O–H groups in total. The smallest absolute Gasteiger partial charge is 0.243 e. The van der Waals surface area contributed by atoms with E-state index < -0.39 is 6.04 Å². The molecule has 156 valence electrons. The minimum absolute atomic E-state index is 0.0175. The molecule has 0 saturated heterocycles. The number of benzene rings is 2. The summed E-state index contributed by atoms with van der Waals surface area (Å²) in [6.45, 7) is 5.86. The molecule has 1 unspecified atom stereocenters. The Morgan fingerprint density at radius 3 is 2.21 bits per heavy atom. The van der Waals surface area contributed by atoms with E-state index in [1.54, 1.807) is 23.1 Å². The van der Waals surface area contributed by atoms with Crippen LogP contribution < -0.4 is 5.32 Å². The molecule has 0 heterocycles. The molecular weight excluding hydrogens is 427 g/mol. The van der Waals surface area contributed by atoms with Gasteiger partial charge in [0.25, 0.3) is 0 Å². The number of nitrogens with zero attached hydrogens (tertiary/aromatic N) is 1. The number of thioether (sulfide) groups is 1.